The molecule has 1 saturated carbocycles. The normalized spacial score (nSPS) is 35.4. The van der Waals surface area contributed by atoms with Crippen molar-refractivity contribution in [3.8, 4) is 0 Å². The molecule has 3 rings (SSSR count). The molecule has 2 saturated heterocycles. The summed E-state index contributed by atoms with van der Waals surface area (Å²) in [6.07, 6.45) is 6.70. The summed E-state index contributed by atoms with van der Waals surface area (Å²) >= 11 is 3.74. The van der Waals surface area contributed by atoms with Crippen molar-refractivity contribution in [2.45, 2.75) is 67.5 Å². The molecule has 1 N–H and O–H groups in total. The molecular formula is C14H24O3S2. The van der Waals surface area contributed by atoms with Crippen LogP contribution in [0.4, 0.5) is 0 Å². The summed E-state index contributed by atoms with van der Waals surface area (Å²) in [7, 11) is 0. The van der Waals surface area contributed by atoms with E-state index in [2.05, 4.69) is 0 Å². The van der Waals surface area contributed by atoms with Crippen LogP contribution >= 0.6 is 23.5 Å². The Labute approximate surface area is 124 Å². The van der Waals surface area contributed by atoms with Crippen molar-refractivity contribution in [3.05, 3.63) is 0 Å². The topological polar surface area (TPSA) is 38.7 Å². The number of ether oxygens (including phenoxy) is 2. The van der Waals surface area contributed by atoms with Crippen molar-refractivity contribution >= 4 is 23.5 Å². The molecule has 0 amide bonds. The highest BCUT2D eigenvalue weighted by atomic mass is 32.2. The number of thioether (sulfide) groups is 2. The smallest absolute Gasteiger partial charge is 0.169 e. The van der Waals surface area contributed by atoms with Crippen LogP contribution in [-0.4, -0.2) is 45.3 Å². The first-order valence-corrected chi connectivity index (χ1v) is 9.50. The molecule has 2 heterocycles. The zero-order chi connectivity index (χ0) is 13.3. The van der Waals surface area contributed by atoms with E-state index in [1.54, 1.807) is 0 Å². The van der Waals surface area contributed by atoms with Crippen molar-refractivity contribution in [1.29, 1.82) is 0 Å². The Morgan fingerprint density at radius 1 is 1.11 bits per heavy atom. The maximum atomic E-state index is 10.9. The lowest BCUT2D eigenvalue weighted by molar-refractivity contribution is -0.204. The molecule has 0 radical (unpaired) electrons. The molecule has 0 bridgehead atoms. The minimum absolute atomic E-state index is 0.173. The van der Waals surface area contributed by atoms with E-state index in [1.807, 2.05) is 30.4 Å². The van der Waals surface area contributed by atoms with Gasteiger partial charge in [0.05, 0.1) is 11.2 Å². The van der Waals surface area contributed by atoms with Gasteiger partial charge in [0.15, 0.2) is 5.79 Å². The molecule has 110 valence electrons. The number of hydrogen-bond acceptors (Lipinski definition) is 5. The minimum Gasteiger partial charge on any atom is -0.385 e. The van der Waals surface area contributed by atoms with E-state index < -0.39 is 5.60 Å². The second-order valence-electron chi connectivity index (χ2n) is 6.04. The quantitative estimate of drug-likeness (QED) is 0.849. The van der Waals surface area contributed by atoms with Crippen LogP contribution in [0.25, 0.3) is 0 Å². The van der Waals surface area contributed by atoms with E-state index >= 15 is 0 Å². The van der Waals surface area contributed by atoms with Gasteiger partial charge >= 0.3 is 0 Å². The monoisotopic (exact) mass is 304 g/mol. The van der Waals surface area contributed by atoms with Gasteiger partial charge in [0.1, 0.15) is 11.7 Å². The molecule has 3 nitrogen and oxygen atoms in total. The predicted molar refractivity (Wildman–Crippen MR) is 80.6 cm³/mol. The molecule has 2 aliphatic heterocycles. The Bertz CT molecular complexity index is 310. The van der Waals surface area contributed by atoms with Crippen LogP contribution < -0.4 is 0 Å². The second-order valence-corrected chi connectivity index (χ2v) is 8.77. The largest absolute Gasteiger partial charge is 0.385 e. The van der Waals surface area contributed by atoms with Crippen LogP contribution in [0, 0.1) is 0 Å². The first kappa shape index (κ1) is 14.5. The molecular weight excluding hydrogens is 280 g/mol. The summed E-state index contributed by atoms with van der Waals surface area (Å²) in [5, 5.41) is 10.9. The fraction of sp³-hybridized carbons (Fsp3) is 1.00. The van der Waals surface area contributed by atoms with Gasteiger partial charge in [0.2, 0.25) is 0 Å². The summed E-state index contributed by atoms with van der Waals surface area (Å²) in [5.74, 6) is 1.91. The van der Waals surface area contributed by atoms with Gasteiger partial charge in [-0.05, 0) is 37.7 Å². The van der Waals surface area contributed by atoms with Gasteiger partial charge in [-0.2, -0.15) is 0 Å². The Hall–Kier alpha value is 0.580. The molecule has 0 unspecified atom stereocenters. The highest BCUT2D eigenvalue weighted by Gasteiger charge is 2.51. The Morgan fingerprint density at radius 2 is 1.79 bits per heavy atom. The standard InChI is InChI=1S/C14H24O3S2/c1-13(15,12-18-8-5-9-19-12)11-10-16-14(17-11)6-3-2-4-7-14/h11-12,15H,2-10H2,1H3/t11-,13+/m1/s1. The predicted octanol–water partition coefficient (Wildman–Crippen LogP) is 3.01. The fourth-order valence-electron chi connectivity index (χ4n) is 3.17. The van der Waals surface area contributed by atoms with Crippen LogP contribution in [0.2, 0.25) is 0 Å². The van der Waals surface area contributed by atoms with E-state index in [9.17, 15) is 5.11 Å². The maximum absolute atomic E-state index is 10.9. The lowest BCUT2D eigenvalue weighted by atomic mass is 9.94. The highest BCUT2D eigenvalue weighted by Crippen LogP contribution is 2.45. The summed E-state index contributed by atoms with van der Waals surface area (Å²) in [4.78, 5) is 0. The van der Waals surface area contributed by atoms with Gasteiger partial charge in [0.25, 0.3) is 0 Å². The first-order valence-electron chi connectivity index (χ1n) is 7.40. The average molecular weight is 304 g/mol. The molecule has 19 heavy (non-hydrogen) atoms. The summed E-state index contributed by atoms with van der Waals surface area (Å²) < 4.78 is 12.4. The van der Waals surface area contributed by atoms with Crippen molar-refractivity contribution < 1.29 is 14.6 Å². The van der Waals surface area contributed by atoms with Crippen molar-refractivity contribution in [3.63, 3.8) is 0 Å². The van der Waals surface area contributed by atoms with Crippen LogP contribution in [0.1, 0.15) is 45.4 Å². The number of hydrogen-bond donors (Lipinski definition) is 1. The first-order chi connectivity index (χ1) is 9.12. The molecule has 0 aromatic heterocycles. The maximum Gasteiger partial charge on any atom is 0.169 e. The van der Waals surface area contributed by atoms with Gasteiger partial charge in [-0.15, -0.1) is 23.5 Å². The molecule has 3 fully saturated rings. The zero-order valence-corrected chi connectivity index (χ0v) is 13.2. The van der Waals surface area contributed by atoms with Crippen LogP contribution in [0.3, 0.4) is 0 Å². The van der Waals surface area contributed by atoms with Gasteiger partial charge < -0.3 is 14.6 Å². The highest BCUT2D eigenvalue weighted by molar-refractivity contribution is 8.17. The van der Waals surface area contributed by atoms with Crippen LogP contribution in [-0.2, 0) is 9.47 Å². The number of aliphatic hydroxyl groups is 1. The van der Waals surface area contributed by atoms with Gasteiger partial charge in [-0.3, -0.25) is 0 Å². The van der Waals surface area contributed by atoms with Gasteiger partial charge in [0, 0.05) is 12.8 Å². The van der Waals surface area contributed by atoms with Crippen LogP contribution in [0.15, 0.2) is 0 Å². The molecule has 2 atom stereocenters. The lowest BCUT2D eigenvalue weighted by Gasteiger charge is -2.39. The zero-order valence-electron chi connectivity index (χ0n) is 11.6. The Kier molecular flexibility index (Phi) is 4.40. The number of rotatable bonds is 2. The fourth-order valence-corrected chi connectivity index (χ4v) is 6.35. The molecule has 0 aromatic rings. The Balaban J connectivity index is 1.65. The van der Waals surface area contributed by atoms with E-state index in [0.29, 0.717) is 6.61 Å². The minimum atomic E-state index is -0.795. The van der Waals surface area contributed by atoms with E-state index in [0.717, 1.165) is 24.3 Å². The second kappa shape index (κ2) is 5.76. The lowest BCUT2D eigenvalue weighted by Crippen LogP contribution is -2.50. The van der Waals surface area contributed by atoms with Crippen molar-refractivity contribution in [2.24, 2.45) is 0 Å². The molecule has 5 heteroatoms. The third-order valence-electron chi connectivity index (χ3n) is 4.43. The molecule has 1 spiro atoms. The third kappa shape index (κ3) is 2.95. The molecule has 1 aliphatic carbocycles. The van der Waals surface area contributed by atoms with Crippen molar-refractivity contribution in [1.82, 2.24) is 0 Å². The van der Waals surface area contributed by atoms with Gasteiger partial charge in [-0.25, -0.2) is 0 Å². The summed E-state index contributed by atoms with van der Waals surface area (Å²) in [6, 6.07) is 0. The summed E-state index contributed by atoms with van der Waals surface area (Å²) in [5.41, 5.74) is -0.795. The van der Waals surface area contributed by atoms with E-state index in [-0.39, 0.29) is 16.5 Å². The molecule has 0 aromatic carbocycles. The van der Waals surface area contributed by atoms with Crippen LogP contribution in [0.5, 0.6) is 0 Å². The Morgan fingerprint density at radius 3 is 2.47 bits per heavy atom. The van der Waals surface area contributed by atoms with Crippen molar-refractivity contribution in [2.75, 3.05) is 18.1 Å². The van der Waals surface area contributed by atoms with E-state index in [4.69, 9.17) is 9.47 Å². The average Bonchev–Trinajstić information content (AvgIpc) is 2.85. The molecule has 3 aliphatic rings. The third-order valence-corrected chi connectivity index (χ3v) is 7.85. The van der Waals surface area contributed by atoms with Gasteiger partial charge in [-0.1, -0.05) is 6.42 Å². The van der Waals surface area contributed by atoms with E-state index in [1.165, 1.54) is 25.7 Å². The SMILES string of the molecule is C[C@@](O)(C1SCCCS1)[C@H]1COC2(CCCCC2)O1. The summed E-state index contributed by atoms with van der Waals surface area (Å²) in [6.45, 7) is 2.48.